The predicted molar refractivity (Wildman–Crippen MR) is 63.0 cm³/mol. The van der Waals surface area contributed by atoms with E-state index in [0.29, 0.717) is 0 Å². The number of carbonyl (C=O) groups excluding carboxylic acids is 1. The second-order valence-electron chi connectivity index (χ2n) is 4.80. The minimum absolute atomic E-state index is 0.0452. The van der Waals surface area contributed by atoms with E-state index < -0.39 is 30.0 Å². The van der Waals surface area contributed by atoms with E-state index in [-0.39, 0.29) is 12.8 Å². The SMILES string of the molecule is CO[C@H](O)CC[C@H](NC(=O)OC(C)(C)C)C(=O)O. The summed E-state index contributed by atoms with van der Waals surface area (Å²) in [6.07, 6.45) is -1.71. The molecule has 0 aromatic carbocycles. The zero-order valence-corrected chi connectivity index (χ0v) is 11.1. The number of rotatable bonds is 6. The van der Waals surface area contributed by atoms with E-state index in [1.54, 1.807) is 20.8 Å². The lowest BCUT2D eigenvalue weighted by atomic mass is 10.1. The summed E-state index contributed by atoms with van der Waals surface area (Å²) in [5.74, 6) is -1.19. The molecular weight excluding hydrogens is 242 g/mol. The minimum Gasteiger partial charge on any atom is -0.480 e. The number of carboxylic acids is 1. The number of carboxylic acid groups (broad SMARTS) is 1. The van der Waals surface area contributed by atoms with Gasteiger partial charge >= 0.3 is 12.1 Å². The van der Waals surface area contributed by atoms with Crippen LogP contribution in [0.25, 0.3) is 0 Å². The third kappa shape index (κ3) is 7.86. The average Bonchev–Trinajstić information content (AvgIpc) is 2.20. The fraction of sp³-hybridized carbons (Fsp3) is 0.818. The average molecular weight is 263 g/mol. The first-order valence-electron chi connectivity index (χ1n) is 5.59. The number of carbonyl (C=O) groups is 2. The molecule has 7 nitrogen and oxygen atoms in total. The number of methoxy groups -OCH3 is 1. The van der Waals surface area contributed by atoms with Crippen molar-refractivity contribution in [2.75, 3.05) is 7.11 Å². The van der Waals surface area contributed by atoms with E-state index in [1.807, 2.05) is 0 Å². The van der Waals surface area contributed by atoms with Gasteiger partial charge in [0.15, 0.2) is 6.29 Å². The lowest BCUT2D eigenvalue weighted by Crippen LogP contribution is -2.43. The number of hydrogen-bond donors (Lipinski definition) is 3. The molecule has 0 saturated heterocycles. The molecule has 0 heterocycles. The molecule has 0 fully saturated rings. The van der Waals surface area contributed by atoms with Crippen LogP contribution in [0.4, 0.5) is 4.79 Å². The Morgan fingerprint density at radius 2 is 1.83 bits per heavy atom. The highest BCUT2D eigenvalue weighted by molar-refractivity contribution is 5.79. The van der Waals surface area contributed by atoms with Crippen LogP contribution in [-0.4, -0.2) is 47.3 Å². The van der Waals surface area contributed by atoms with Crippen molar-refractivity contribution in [1.29, 1.82) is 0 Å². The van der Waals surface area contributed by atoms with Crippen molar-refractivity contribution in [1.82, 2.24) is 5.32 Å². The van der Waals surface area contributed by atoms with E-state index >= 15 is 0 Å². The van der Waals surface area contributed by atoms with E-state index in [0.717, 1.165) is 0 Å². The van der Waals surface area contributed by atoms with Gasteiger partial charge in [-0.05, 0) is 27.2 Å². The van der Waals surface area contributed by atoms with Crippen LogP contribution in [0.3, 0.4) is 0 Å². The summed E-state index contributed by atoms with van der Waals surface area (Å²) < 4.78 is 9.53. The van der Waals surface area contributed by atoms with Crippen LogP contribution < -0.4 is 5.32 Å². The molecule has 0 rings (SSSR count). The second kappa shape index (κ2) is 7.17. The van der Waals surface area contributed by atoms with Crippen LogP contribution in [0.5, 0.6) is 0 Å². The Balaban J connectivity index is 4.28. The summed E-state index contributed by atoms with van der Waals surface area (Å²) in [7, 11) is 1.31. The highest BCUT2D eigenvalue weighted by Crippen LogP contribution is 2.08. The van der Waals surface area contributed by atoms with Crippen molar-refractivity contribution in [2.24, 2.45) is 0 Å². The van der Waals surface area contributed by atoms with Gasteiger partial charge in [-0.1, -0.05) is 0 Å². The molecule has 106 valence electrons. The van der Waals surface area contributed by atoms with Gasteiger partial charge in [0.1, 0.15) is 11.6 Å². The predicted octanol–water partition coefficient (Wildman–Crippen LogP) is 0.709. The van der Waals surface area contributed by atoms with Gasteiger partial charge < -0.3 is 25.0 Å². The maximum atomic E-state index is 11.4. The first-order chi connectivity index (χ1) is 8.15. The molecule has 0 radical (unpaired) electrons. The van der Waals surface area contributed by atoms with Gasteiger partial charge in [0.25, 0.3) is 0 Å². The molecular formula is C11H21NO6. The second-order valence-corrected chi connectivity index (χ2v) is 4.80. The number of alkyl carbamates (subject to hydrolysis) is 1. The minimum atomic E-state index is -1.19. The van der Waals surface area contributed by atoms with Crippen molar-refractivity contribution < 1.29 is 29.3 Å². The van der Waals surface area contributed by atoms with Crippen LogP contribution >= 0.6 is 0 Å². The number of amides is 1. The van der Waals surface area contributed by atoms with Gasteiger partial charge in [0, 0.05) is 13.5 Å². The molecule has 0 bridgehead atoms. The van der Waals surface area contributed by atoms with E-state index in [9.17, 15) is 9.59 Å². The Labute approximate surface area is 106 Å². The molecule has 7 heteroatoms. The molecule has 0 unspecified atom stereocenters. The third-order valence-corrected chi connectivity index (χ3v) is 1.96. The van der Waals surface area contributed by atoms with Crippen LogP contribution in [0.15, 0.2) is 0 Å². The molecule has 2 atom stereocenters. The van der Waals surface area contributed by atoms with Crippen LogP contribution in [-0.2, 0) is 14.3 Å². The molecule has 0 aromatic heterocycles. The van der Waals surface area contributed by atoms with Crippen LogP contribution in [0, 0.1) is 0 Å². The summed E-state index contributed by atoms with van der Waals surface area (Å²) in [6.45, 7) is 5.03. The fourth-order valence-corrected chi connectivity index (χ4v) is 1.13. The maximum Gasteiger partial charge on any atom is 0.408 e. The fourth-order valence-electron chi connectivity index (χ4n) is 1.13. The molecule has 0 aliphatic rings. The van der Waals surface area contributed by atoms with Gasteiger partial charge in [-0.25, -0.2) is 9.59 Å². The largest absolute Gasteiger partial charge is 0.480 e. The topological polar surface area (TPSA) is 105 Å². The van der Waals surface area contributed by atoms with Crippen molar-refractivity contribution >= 4 is 12.1 Å². The molecule has 0 aromatic rings. The van der Waals surface area contributed by atoms with Crippen molar-refractivity contribution in [3.05, 3.63) is 0 Å². The standard InChI is InChI=1S/C11H21NO6/c1-11(2,3)18-10(16)12-7(9(14)15)5-6-8(13)17-4/h7-8,13H,5-6H2,1-4H3,(H,12,16)(H,14,15)/t7-,8-/m0/s1. The molecule has 0 aliphatic carbocycles. The zero-order valence-electron chi connectivity index (χ0n) is 11.1. The van der Waals surface area contributed by atoms with Gasteiger partial charge in [-0.15, -0.1) is 0 Å². The van der Waals surface area contributed by atoms with Gasteiger partial charge in [-0.3, -0.25) is 0 Å². The molecule has 1 amide bonds. The summed E-state index contributed by atoms with van der Waals surface area (Å²) in [5.41, 5.74) is -0.695. The smallest absolute Gasteiger partial charge is 0.408 e. The normalized spacial score (nSPS) is 14.7. The Morgan fingerprint density at radius 3 is 2.22 bits per heavy atom. The van der Waals surface area contributed by atoms with Crippen molar-refractivity contribution in [3.8, 4) is 0 Å². The first-order valence-corrected chi connectivity index (χ1v) is 5.59. The highest BCUT2D eigenvalue weighted by atomic mass is 16.6. The third-order valence-electron chi connectivity index (χ3n) is 1.96. The monoisotopic (exact) mass is 263 g/mol. The molecule has 0 spiro atoms. The number of nitrogens with one attached hydrogen (secondary N) is 1. The molecule has 0 aliphatic heterocycles. The van der Waals surface area contributed by atoms with E-state index in [2.05, 4.69) is 10.1 Å². The lowest BCUT2D eigenvalue weighted by molar-refractivity contribution is -0.140. The van der Waals surface area contributed by atoms with Crippen molar-refractivity contribution in [3.63, 3.8) is 0 Å². The van der Waals surface area contributed by atoms with Crippen molar-refractivity contribution in [2.45, 2.75) is 51.5 Å². The Morgan fingerprint density at radius 1 is 1.28 bits per heavy atom. The zero-order chi connectivity index (χ0) is 14.3. The molecule has 3 N–H and O–H groups in total. The summed E-state index contributed by atoms with van der Waals surface area (Å²) in [5, 5.41) is 20.3. The van der Waals surface area contributed by atoms with Crippen LogP contribution in [0.1, 0.15) is 33.6 Å². The number of ether oxygens (including phenoxy) is 2. The summed E-state index contributed by atoms with van der Waals surface area (Å²) >= 11 is 0. The molecule has 0 saturated carbocycles. The number of aliphatic hydroxyl groups excluding tert-OH is 1. The molecule has 18 heavy (non-hydrogen) atoms. The lowest BCUT2D eigenvalue weighted by Gasteiger charge is -2.22. The first kappa shape index (κ1) is 16.7. The van der Waals surface area contributed by atoms with E-state index in [1.165, 1.54) is 7.11 Å². The summed E-state index contributed by atoms with van der Waals surface area (Å²) in [4.78, 5) is 22.3. The summed E-state index contributed by atoms with van der Waals surface area (Å²) in [6, 6.07) is -1.12. The van der Waals surface area contributed by atoms with Gasteiger partial charge in [0.2, 0.25) is 0 Å². The number of aliphatic hydroxyl groups is 1. The quantitative estimate of drug-likeness (QED) is 0.609. The highest BCUT2D eigenvalue weighted by Gasteiger charge is 2.24. The van der Waals surface area contributed by atoms with Gasteiger partial charge in [-0.2, -0.15) is 0 Å². The Bertz CT molecular complexity index is 286. The Kier molecular flexibility index (Phi) is 6.64. The van der Waals surface area contributed by atoms with Gasteiger partial charge in [0.05, 0.1) is 0 Å². The Hall–Kier alpha value is -1.34. The van der Waals surface area contributed by atoms with Crippen LogP contribution in [0.2, 0.25) is 0 Å². The number of aliphatic carboxylic acids is 1. The number of hydrogen-bond acceptors (Lipinski definition) is 5. The maximum absolute atomic E-state index is 11.4. The van der Waals surface area contributed by atoms with E-state index in [4.69, 9.17) is 14.9 Å².